The van der Waals surface area contributed by atoms with Crippen LogP contribution in [-0.2, 0) is 4.79 Å². The van der Waals surface area contributed by atoms with Gasteiger partial charge < -0.3 is 9.73 Å². The molecular formula is C17H13N5O6S. The van der Waals surface area contributed by atoms with E-state index >= 15 is 0 Å². The molecule has 0 bridgehead atoms. The van der Waals surface area contributed by atoms with Crippen molar-refractivity contribution < 1.29 is 19.1 Å². The molecule has 0 aliphatic rings. The quantitative estimate of drug-likeness (QED) is 0.346. The maximum absolute atomic E-state index is 12.1. The van der Waals surface area contributed by atoms with Crippen LogP contribution in [0.3, 0.4) is 0 Å². The molecule has 0 spiro atoms. The Kier molecular flexibility index (Phi) is 5.83. The van der Waals surface area contributed by atoms with Crippen LogP contribution in [0.5, 0.6) is 0 Å². The molecule has 0 radical (unpaired) electrons. The van der Waals surface area contributed by atoms with Crippen LogP contribution in [0.4, 0.5) is 17.1 Å². The molecule has 11 nitrogen and oxygen atoms in total. The Bertz CT molecular complexity index is 1100. The molecule has 0 atom stereocenters. The minimum Gasteiger partial charge on any atom is -0.411 e. The number of carbonyl (C=O) groups excluding carboxylic acids is 1. The van der Waals surface area contributed by atoms with Crippen LogP contribution >= 0.6 is 11.8 Å². The minimum absolute atomic E-state index is 0.0707. The molecule has 12 heteroatoms. The first kappa shape index (κ1) is 19.9. The molecule has 1 N–H and O–H groups in total. The van der Waals surface area contributed by atoms with Crippen molar-refractivity contribution in [2.45, 2.75) is 12.1 Å². The van der Waals surface area contributed by atoms with Gasteiger partial charge in [-0.05, 0) is 18.6 Å². The average Bonchev–Trinajstić information content (AvgIpc) is 3.17. The van der Waals surface area contributed by atoms with Gasteiger partial charge in [-0.15, -0.1) is 10.2 Å². The van der Waals surface area contributed by atoms with Crippen LogP contribution in [0.15, 0.2) is 52.1 Å². The summed E-state index contributed by atoms with van der Waals surface area (Å²) >= 11 is 0.970. The molecule has 29 heavy (non-hydrogen) atoms. The van der Waals surface area contributed by atoms with E-state index in [1.807, 2.05) is 0 Å². The summed E-state index contributed by atoms with van der Waals surface area (Å²) in [6.07, 6.45) is 0. The summed E-state index contributed by atoms with van der Waals surface area (Å²) < 4.78 is 5.43. The van der Waals surface area contributed by atoms with Crippen molar-refractivity contribution in [3.8, 4) is 11.5 Å². The standard InChI is InChI=1S/C17H13N5O6S/c1-10-5-6-13(22(26)27)8-14(10)18-15(23)9-29-17-20-19-16(28-17)11-3-2-4-12(7-11)21(24)25/h2-8H,9H2,1H3,(H,18,23). The first-order chi connectivity index (χ1) is 13.8. The number of aryl methyl sites for hydroxylation is 1. The van der Waals surface area contributed by atoms with Gasteiger partial charge in [0, 0.05) is 29.8 Å². The minimum atomic E-state index is -0.544. The second kappa shape index (κ2) is 8.48. The predicted octanol–water partition coefficient (Wildman–Crippen LogP) is 3.59. The van der Waals surface area contributed by atoms with E-state index in [-0.39, 0.29) is 28.2 Å². The molecule has 0 unspecified atom stereocenters. The van der Waals surface area contributed by atoms with Gasteiger partial charge in [0.05, 0.1) is 21.3 Å². The second-order valence-corrected chi connectivity index (χ2v) is 6.70. The van der Waals surface area contributed by atoms with Crippen molar-refractivity contribution in [3.63, 3.8) is 0 Å². The molecule has 148 valence electrons. The molecule has 1 aromatic heterocycles. The Balaban J connectivity index is 1.63. The number of nitro groups is 2. The van der Waals surface area contributed by atoms with E-state index in [4.69, 9.17) is 4.42 Å². The van der Waals surface area contributed by atoms with E-state index in [0.717, 1.165) is 11.8 Å². The van der Waals surface area contributed by atoms with Gasteiger partial charge in [-0.1, -0.05) is 23.9 Å². The molecule has 0 fully saturated rings. The zero-order chi connectivity index (χ0) is 21.0. The molecule has 2 aromatic carbocycles. The van der Waals surface area contributed by atoms with Gasteiger partial charge in [0.25, 0.3) is 16.6 Å². The number of rotatable bonds is 7. The van der Waals surface area contributed by atoms with E-state index in [9.17, 15) is 25.0 Å². The number of hydrogen-bond donors (Lipinski definition) is 1. The lowest BCUT2D eigenvalue weighted by Crippen LogP contribution is -2.15. The van der Waals surface area contributed by atoms with Crippen molar-refractivity contribution in [3.05, 3.63) is 68.3 Å². The summed E-state index contributed by atoms with van der Waals surface area (Å²) in [5.74, 6) is -0.390. The van der Waals surface area contributed by atoms with Crippen LogP contribution in [0.1, 0.15) is 5.56 Å². The lowest BCUT2D eigenvalue weighted by molar-refractivity contribution is -0.385. The smallest absolute Gasteiger partial charge is 0.277 e. The van der Waals surface area contributed by atoms with Crippen LogP contribution in [0.2, 0.25) is 0 Å². The van der Waals surface area contributed by atoms with Gasteiger partial charge in [0.2, 0.25) is 11.8 Å². The number of carbonyl (C=O) groups is 1. The zero-order valence-electron chi connectivity index (χ0n) is 14.9. The maximum atomic E-state index is 12.1. The third-order valence-corrected chi connectivity index (χ3v) is 4.56. The van der Waals surface area contributed by atoms with E-state index in [1.54, 1.807) is 19.1 Å². The highest BCUT2D eigenvalue weighted by molar-refractivity contribution is 7.99. The Labute approximate surface area is 167 Å². The van der Waals surface area contributed by atoms with E-state index < -0.39 is 15.8 Å². The van der Waals surface area contributed by atoms with Crippen LogP contribution in [0.25, 0.3) is 11.5 Å². The monoisotopic (exact) mass is 415 g/mol. The van der Waals surface area contributed by atoms with Gasteiger partial charge in [-0.2, -0.15) is 0 Å². The van der Waals surface area contributed by atoms with Gasteiger partial charge in [-0.25, -0.2) is 0 Å². The van der Waals surface area contributed by atoms with Gasteiger partial charge >= 0.3 is 0 Å². The second-order valence-electron chi connectivity index (χ2n) is 5.77. The number of nitro benzene ring substituents is 2. The number of nitrogens with one attached hydrogen (secondary N) is 1. The molecule has 0 saturated carbocycles. The first-order valence-corrected chi connectivity index (χ1v) is 9.08. The number of thioether (sulfide) groups is 1. The Morgan fingerprint density at radius 2 is 1.83 bits per heavy atom. The van der Waals surface area contributed by atoms with E-state index in [1.165, 1.54) is 30.3 Å². The zero-order valence-corrected chi connectivity index (χ0v) is 15.7. The summed E-state index contributed by atoms with van der Waals surface area (Å²) in [6.45, 7) is 1.72. The summed E-state index contributed by atoms with van der Waals surface area (Å²) in [5.41, 5.74) is 1.17. The molecule has 0 saturated heterocycles. The number of nitrogens with zero attached hydrogens (tertiary/aromatic N) is 4. The van der Waals surface area contributed by atoms with Crippen LogP contribution < -0.4 is 5.32 Å². The number of anilines is 1. The van der Waals surface area contributed by atoms with E-state index in [0.29, 0.717) is 16.8 Å². The fourth-order valence-corrected chi connectivity index (χ4v) is 2.87. The summed E-state index contributed by atoms with van der Waals surface area (Å²) in [4.78, 5) is 32.8. The molecule has 0 aliphatic heterocycles. The summed E-state index contributed by atoms with van der Waals surface area (Å²) in [7, 11) is 0. The van der Waals surface area contributed by atoms with Crippen LogP contribution in [-0.4, -0.2) is 31.7 Å². The number of benzene rings is 2. The molecule has 1 amide bonds. The van der Waals surface area contributed by atoms with Crippen LogP contribution in [0, 0.1) is 27.2 Å². The Morgan fingerprint density at radius 3 is 2.55 bits per heavy atom. The molecule has 3 aromatic rings. The fraction of sp³-hybridized carbons (Fsp3) is 0.118. The van der Waals surface area contributed by atoms with Gasteiger partial charge in [0.1, 0.15) is 0 Å². The van der Waals surface area contributed by atoms with Gasteiger partial charge in [0.15, 0.2) is 0 Å². The normalized spacial score (nSPS) is 10.5. The van der Waals surface area contributed by atoms with Crippen molar-refractivity contribution in [1.29, 1.82) is 0 Å². The lowest BCUT2D eigenvalue weighted by Gasteiger charge is -2.07. The third-order valence-electron chi connectivity index (χ3n) is 3.74. The molecule has 1 heterocycles. The van der Waals surface area contributed by atoms with Crippen molar-refractivity contribution in [1.82, 2.24) is 10.2 Å². The fourth-order valence-electron chi connectivity index (χ4n) is 2.31. The number of amides is 1. The predicted molar refractivity (Wildman–Crippen MR) is 104 cm³/mol. The van der Waals surface area contributed by atoms with E-state index in [2.05, 4.69) is 15.5 Å². The van der Waals surface area contributed by atoms with Crippen molar-refractivity contribution in [2.24, 2.45) is 0 Å². The summed E-state index contributed by atoms with van der Waals surface area (Å²) in [6, 6.07) is 9.92. The average molecular weight is 415 g/mol. The highest BCUT2D eigenvalue weighted by Gasteiger charge is 2.15. The highest BCUT2D eigenvalue weighted by Crippen LogP contribution is 2.26. The maximum Gasteiger partial charge on any atom is 0.277 e. The summed E-state index contributed by atoms with van der Waals surface area (Å²) in [5, 5.41) is 32.1. The third kappa shape index (κ3) is 4.93. The topological polar surface area (TPSA) is 154 Å². The largest absolute Gasteiger partial charge is 0.411 e. The van der Waals surface area contributed by atoms with Crippen molar-refractivity contribution in [2.75, 3.05) is 11.1 Å². The Hall–Kier alpha value is -3.80. The SMILES string of the molecule is Cc1ccc([N+](=O)[O-])cc1NC(=O)CSc1nnc(-c2cccc([N+](=O)[O-])c2)o1. The van der Waals surface area contributed by atoms with Gasteiger partial charge in [-0.3, -0.25) is 25.0 Å². The Morgan fingerprint density at radius 1 is 1.10 bits per heavy atom. The first-order valence-electron chi connectivity index (χ1n) is 8.09. The highest BCUT2D eigenvalue weighted by atomic mass is 32.2. The number of non-ortho nitro benzene ring substituents is 2. The molecule has 3 rings (SSSR count). The molecule has 0 aliphatic carbocycles. The number of hydrogen-bond acceptors (Lipinski definition) is 9. The lowest BCUT2D eigenvalue weighted by atomic mass is 10.2. The van der Waals surface area contributed by atoms with Crippen molar-refractivity contribution >= 4 is 34.7 Å². The number of aromatic nitrogens is 2. The molecular weight excluding hydrogens is 402 g/mol.